The van der Waals surface area contributed by atoms with Gasteiger partial charge in [-0.1, -0.05) is 18.2 Å². The highest BCUT2D eigenvalue weighted by molar-refractivity contribution is 5.95. The first kappa shape index (κ1) is 22.4. The number of amides is 1. The molecule has 174 valence electrons. The van der Waals surface area contributed by atoms with E-state index in [0.717, 1.165) is 11.5 Å². The maximum absolute atomic E-state index is 13.2. The van der Waals surface area contributed by atoms with E-state index in [2.05, 4.69) is 5.10 Å². The van der Waals surface area contributed by atoms with Crippen LogP contribution in [0, 0.1) is 0 Å². The molecule has 0 saturated carbocycles. The minimum absolute atomic E-state index is 0.0723. The highest BCUT2D eigenvalue weighted by Crippen LogP contribution is 2.39. The maximum Gasteiger partial charge on any atom is 0.350 e. The summed E-state index contributed by atoms with van der Waals surface area (Å²) in [6, 6.07) is 12.8. The van der Waals surface area contributed by atoms with Crippen LogP contribution >= 0.6 is 0 Å². The third-order valence-electron chi connectivity index (χ3n) is 6.02. The Morgan fingerprint density at radius 1 is 0.970 bits per heavy atom. The molecule has 0 N–H and O–H groups in total. The van der Waals surface area contributed by atoms with Crippen molar-refractivity contribution in [2.75, 3.05) is 34.4 Å². The Morgan fingerprint density at radius 3 is 2.12 bits per heavy atom. The molecule has 0 spiro atoms. The number of carbonyl (C=O) groups excluding carboxylic acids is 1. The van der Waals surface area contributed by atoms with Gasteiger partial charge >= 0.3 is 5.69 Å². The lowest BCUT2D eigenvalue weighted by atomic mass is 9.95. The van der Waals surface area contributed by atoms with E-state index >= 15 is 0 Å². The standard InChI is InChI=1S/C24H28N4O5/c1-26-24(30)28(18-8-6-5-7-9-18)22(25-26)16-10-12-27(13-11-16)23(29)17-14-19(31-2)21(33-4)20(15-17)32-3/h5-9,14-16H,10-13H2,1-4H3. The van der Waals surface area contributed by atoms with Gasteiger partial charge in [0.25, 0.3) is 5.91 Å². The van der Waals surface area contributed by atoms with Crippen molar-refractivity contribution < 1.29 is 19.0 Å². The van der Waals surface area contributed by atoms with Crippen LogP contribution in [0.3, 0.4) is 0 Å². The number of nitrogens with zero attached hydrogens (tertiary/aromatic N) is 4. The van der Waals surface area contributed by atoms with Crippen molar-refractivity contribution in [3.05, 3.63) is 64.3 Å². The second kappa shape index (κ2) is 9.40. The Morgan fingerprint density at radius 2 is 1.58 bits per heavy atom. The first-order valence-corrected chi connectivity index (χ1v) is 10.8. The highest BCUT2D eigenvalue weighted by Gasteiger charge is 2.30. The van der Waals surface area contributed by atoms with Gasteiger partial charge in [0, 0.05) is 31.6 Å². The van der Waals surface area contributed by atoms with E-state index in [9.17, 15) is 9.59 Å². The number of likely N-dealkylation sites (tertiary alicyclic amines) is 1. The van der Waals surface area contributed by atoms with Gasteiger partial charge in [-0.05, 0) is 37.1 Å². The molecule has 1 aromatic heterocycles. The second-order valence-electron chi connectivity index (χ2n) is 7.92. The lowest BCUT2D eigenvalue weighted by Gasteiger charge is -2.32. The van der Waals surface area contributed by atoms with E-state index in [1.54, 1.807) is 23.7 Å². The minimum atomic E-state index is -0.174. The van der Waals surface area contributed by atoms with E-state index in [1.165, 1.54) is 26.0 Å². The normalized spacial score (nSPS) is 14.2. The van der Waals surface area contributed by atoms with Crippen molar-refractivity contribution in [2.24, 2.45) is 7.05 Å². The molecule has 0 unspecified atom stereocenters. The van der Waals surface area contributed by atoms with E-state index in [0.29, 0.717) is 48.7 Å². The molecule has 2 aromatic carbocycles. The zero-order chi connectivity index (χ0) is 23.5. The Hall–Kier alpha value is -3.75. The average molecular weight is 453 g/mol. The maximum atomic E-state index is 13.2. The van der Waals surface area contributed by atoms with Crippen molar-refractivity contribution in [1.29, 1.82) is 0 Å². The van der Waals surface area contributed by atoms with E-state index in [4.69, 9.17) is 14.2 Å². The van der Waals surface area contributed by atoms with E-state index in [1.807, 2.05) is 35.2 Å². The molecule has 0 atom stereocenters. The molecule has 1 fully saturated rings. The molecular weight excluding hydrogens is 424 g/mol. The largest absolute Gasteiger partial charge is 0.493 e. The van der Waals surface area contributed by atoms with Gasteiger partial charge in [-0.25, -0.2) is 14.0 Å². The van der Waals surface area contributed by atoms with Crippen molar-refractivity contribution in [1.82, 2.24) is 19.2 Å². The number of aromatic nitrogens is 3. The van der Waals surface area contributed by atoms with Crippen molar-refractivity contribution in [2.45, 2.75) is 18.8 Å². The molecule has 1 aliphatic rings. The molecule has 9 nitrogen and oxygen atoms in total. The van der Waals surface area contributed by atoms with Crippen molar-refractivity contribution in [3.8, 4) is 22.9 Å². The highest BCUT2D eigenvalue weighted by atomic mass is 16.5. The fourth-order valence-corrected chi connectivity index (χ4v) is 4.30. The number of ether oxygens (including phenoxy) is 3. The summed E-state index contributed by atoms with van der Waals surface area (Å²) in [7, 11) is 6.24. The number of para-hydroxylation sites is 1. The molecule has 0 radical (unpaired) electrons. The summed E-state index contributed by atoms with van der Waals surface area (Å²) >= 11 is 0. The number of methoxy groups -OCH3 is 3. The number of benzene rings is 2. The zero-order valence-electron chi connectivity index (χ0n) is 19.3. The van der Waals surface area contributed by atoms with Crippen LogP contribution in [0.2, 0.25) is 0 Å². The second-order valence-corrected chi connectivity index (χ2v) is 7.92. The number of rotatable bonds is 6. The predicted molar refractivity (Wildman–Crippen MR) is 123 cm³/mol. The average Bonchev–Trinajstić information content (AvgIpc) is 3.17. The van der Waals surface area contributed by atoms with Crippen LogP contribution in [0.4, 0.5) is 0 Å². The van der Waals surface area contributed by atoms with Gasteiger partial charge in [0.1, 0.15) is 5.82 Å². The SMILES string of the molecule is COc1cc(C(=O)N2CCC(c3nn(C)c(=O)n3-c3ccccc3)CC2)cc(OC)c1OC. The fourth-order valence-electron chi connectivity index (χ4n) is 4.30. The summed E-state index contributed by atoms with van der Waals surface area (Å²) < 4.78 is 19.2. The summed E-state index contributed by atoms with van der Waals surface area (Å²) in [4.78, 5) is 27.8. The first-order chi connectivity index (χ1) is 16.0. The van der Waals surface area contributed by atoms with Gasteiger partial charge in [0.05, 0.1) is 27.0 Å². The lowest BCUT2D eigenvalue weighted by molar-refractivity contribution is 0.0709. The molecule has 4 rings (SSSR count). The van der Waals surface area contributed by atoms with Crippen molar-refractivity contribution in [3.63, 3.8) is 0 Å². The molecule has 1 amide bonds. The summed E-state index contributed by atoms with van der Waals surface area (Å²) in [5, 5.41) is 4.52. The van der Waals surface area contributed by atoms with Gasteiger partial charge in [0.15, 0.2) is 11.5 Å². The Bertz CT molecular complexity index is 1170. The predicted octanol–water partition coefficient (Wildman–Crippen LogP) is 2.62. The Labute approximate surface area is 192 Å². The monoisotopic (exact) mass is 452 g/mol. The van der Waals surface area contributed by atoms with Crippen LogP contribution < -0.4 is 19.9 Å². The smallest absolute Gasteiger partial charge is 0.350 e. The molecule has 2 heterocycles. The quantitative estimate of drug-likeness (QED) is 0.571. The van der Waals surface area contributed by atoms with Gasteiger partial charge in [-0.15, -0.1) is 0 Å². The lowest BCUT2D eigenvalue weighted by Crippen LogP contribution is -2.38. The molecule has 33 heavy (non-hydrogen) atoms. The number of aryl methyl sites for hydroxylation is 1. The molecule has 1 aliphatic heterocycles. The fraction of sp³-hybridized carbons (Fsp3) is 0.375. The van der Waals surface area contributed by atoms with Crippen LogP contribution in [0.25, 0.3) is 5.69 Å². The van der Waals surface area contributed by atoms with Gasteiger partial charge in [0.2, 0.25) is 5.75 Å². The van der Waals surface area contributed by atoms with Crippen LogP contribution in [0.1, 0.15) is 34.9 Å². The third kappa shape index (κ3) is 4.18. The number of hydrogen-bond donors (Lipinski definition) is 0. The summed E-state index contributed by atoms with van der Waals surface area (Å²) in [6.07, 6.45) is 1.42. The van der Waals surface area contributed by atoms with Crippen LogP contribution in [0.5, 0.6) is 17.2 Å². The van der Waals surface area contributed by atoms with Crippen LogP contribution in [-0.2, 0) is 7.05 Å². The number of carbonyl (C=O) groups is 1. The van der Waals surface area contributed by atoms with E-state index in [-0.39, 0.29) is 17.5 Å². The van der Waals surface area contributed by atoms with E-state index < -0.39 is 0 Å². The van der Waals surface area contributed by atoms with Crippen molar-refractivity contribution >= 4 is 5.91 Å². The topological polar surface area (TPSA) is 87.8 Å². The third-order valence-corrected chi connectivity index (χ3v) is 6.02. The summed E-state index contributed by atoms with van der Waals surface area (Å²) in [5.74, 6) is 2.03. The van der Waals surface area contributed by atoms with Gasteiger partial charge < -0.3 is 19.1 Å². The Kier molecular flexibility index (Phi) is 6.39. The molecule has 0 aliphatic carbocycles. The molecule has 0 bridgehead atoms. The molecule has 9 heteroatoms. The summed E-state index contributed by atoms with van der Waals surface area (Å²) in [6.45, 7) is 1.11. The van der Waals surface area contributed by atoms with Gasteiger partial charge in [-0.2, -0.15) is 5.10 Å². The van der Waals surface area contributed by atoms with Crippen LogP contribution in [0.15, 0.2) is 47.3 Å². The minimum Gasteiger partial charge on any atom is -0.493 e. The zero-order valence-corrected chi connectivity index (χ0v) is 19.3. The van der Waals surface area contributed by atoms with Gasteiger partial charge in [-0.3, -0.25) is 4.79 Å². The number of piperidine rings is 1. The summed E-state index contributed by atoms with van der Waals surface area (Å²) in [5.41, 5.74) is 1.09. The van der Waals surface area contributed by atoms with Crippen LogP contribution in [-0.4, -0.2) is 59.6 Å². The number of hydrogen-bond acceptors (Lipinski definition) is 6. The molecule has 1 saturated heterocycles. The first-order valence-electron chi connectivity index (χ1n) is 10.8. The molecule has 3 aromatic rings. The molecular formula is C24H28N4O5. The Balaban J connectivity index is 1.54.